The van der Waals surface area contributed by atoms with Crippen LogP contribution in [0.3, 0.4) is 0 Å². The summed E-state index contributed by atoms with van der Waals surface area (Å²) in [7, 11) is 1.52. The number of methoxy groups -OCH3 is 1. The molecule has 0 spiro atoms. The Hall–Kier alpha value is -1.46. The average Bonchev–Trinajstić information content (AvgIpc) is 2.35. The second-order valence-corrected chi connectivity index (χ2v) is 4.87. The SMILES string of the molecule is COc1nc(Nc2ccc(Br)cc2Cl)ccc1N. The predicted octanol–water partition coefficient (Wildman–Crippen LogP) is 3.83. The van der Waals surface area contributed by atoms with E-state index in [0.717, 1.165) is 10.2 Å². The smallest absolute Gasteiger partial charge is 0.238 e. The zero-order chi connectivity index (χ0) is 13.1. The number of nitrogens with one attached hydrogen (secondary N) is 1. The number of rotatable bonds is 3. The van der Waals surface area contributed by atoms with E-state index >= 15 is 0 Å². The van der Waals surface area contributed by atoms with E-state index in [1.807, 2.05) is 12.1 Å². The van der Waals surface area contributed by atoms with Crippen molar-refractivity contribution in [2.75, 3.05) is 18.2 Å². The van der Waals surface area contributed by atoms with Gasteiger partial charge in [-0.05, 0) is 30.3 Å². The highest BCUT2D eigenvalue weighted by atomic mass is 79.9. The molecule has 4 nitrogen and oxygen atoms in total. The van der Waals surface area contributed by atoms with Gasteiger partial charge in [0.15, 0.2) is 0 Å². The maximum absolute atomic E-state index is 6.11. The summed E-state index contributed by atoms with van der Waals surface area (Å²) in [6.45, 7) is 0. The average molecular weight is 329 g/mol. The van der Waals surface area contributed by atoms with Crippen LogP contribution in [0.15, 0.2) is 34.8 Å². The van der Waals surface area contributed by atoms with Gasteiger partial charge in [0.25, 0.3) is 0 Å². The highest BCUT2D eigenvalue weighted by Crippen LogP contribution is 2.29. The first-order valence-electron chi connectivity index (χ1n) is 5.12. The number of pyridine rings is 1. The maximum atomic E-state index is 6.11. The fourth-order valence-corrected chi connectivity index (χ4v) is 2.13. The molecule has 1 heterocycles. The molecule has 0 saturated heterocycles. The van der Waals surface area contributed by atoms with E-state index in [2.05, 4.69) is 26.2 Å². The molecule has 6 heteroatoms. The second-order valence-electron chi connectivity index (χ2n) is 3.54. The highest BCUT2D eigenvalue weighted by molar-refractivity contribution is 9.10. The van der Waals surface area contributed by atoms with Gasteiger partial charge in [-0.3, -0.25) is 0 Å². The van der Waals surface area contributed by atoms with Gasteiger partial charge in [-0.15, -0.1) is 0 Å². The number of anilines is 3. The summed E-state index contributed by atoms with van der Waals surface area (Å²) in [5.41, 5.74) is 6.95. The molecule has 2 aromatic rings. The Labute approximate surface area is 118 Å². The third-order valence-corrected chi connectivity index (χ3v) is 3.08. The Kier molecular flexibility index (Phi) is 3.93. The Morgan fingerprint density at radius 2 is 2.11 bits per heavy atom. The molecule has 0 bridgehead atoms. The summed E-state index contributed by atoms with van der Waals surface area (Å²) >= 11 is 9.46. The van der Waals surface area contributed by atoms with Gasteiger partial charge in [-0.2, -0.15) is 4.98 Å². The Bertz CT molecular complexity index is 577. The van der Waals surface area contributed by atoms with Crippen LogP contribution in [0.4, 0.5) is 17.2 Å². The number of hydrogen-bond donors (Lipinski definition) is 2. The molecule has 0 unspecified atom stereocenters. The third-order valence-electron chi connectivity index (χ3n) is 2.28. The van der Waals surface area contributed by atoms with Crippen molar-refractivity contribution < 1.29 is 4.74 Å². The van der Waals surface area contributed by atoms with Gasteiger partial charge in [0, 0.05) is 4.47 Å². The monoisotopic (exact) mass is 327 g/mol. The van der Waals surface area contributed by atoms with Gasteiger partial charge in [0.2, 0.25) is 5.88 Å². The first-order chi connectivity index (χ1) is 8.60. The molecule has 0 radical (unpaired) electrons. The fourth-order valence-electron chi connectivity index (χ4n) is 1.41. The van der Waals surface area contributed by atoms with Crippen LogP contribution in [-0.2, 0) is 0 Å². The maximum Gasteiger partial charge on any atom is 0.238 e. The van der Waals surface area contributed by atoms with Crippen LogP contribution in [0, 0.1) is 0 Å². The van der Waals surface area contributed by atoms with E-state index in [9.17, 15) is 0 Å². The minimum absolute atomic E-state index is 0.383. The third kappa shape index (κ3) is 2.86. The normalized spacial score (nSPS) is 10.2. The topological polar surface area (TPSA) is 60.2 Å². The van der Waals surface area contributed by atoms with E-state index < -0.39 is 0 Å². The molecule has 1 aromatic heterocycles. The van der Waals surface area contributed by atoms with Crippen molar-refractivity contribution >= 4 is 44.7 Å². The quantitative estimate of drug-likeness (QED) is 0.899. The number of hydrogen-bond acceptors (Lipinski definition) is 4. The molecule has 1 aromatic carbocycles. The molecule has 0 amide bonds. The van der Waals surface area contributed by atoms with Crippen molar-refractivity contribution in [3.63, 3.8) is 0 Å². The predicted molar refractivity (Wildman–Crippen MR) is 77.6 cm³/mol. The highest BCUT2D eigenvalue weighted by Gasteiger charge is 2.05. The van der Waals surface area contributed by atoms with Crippen LogP contribution in [0.5, 0.6) is 5.88 Å². The molecular weight excluding hydrogens is 318 g/mol. The number of nitrogens with two attached hydrogens (primary N) is 1. The molecule has 0 atom stereocenters. The summed E-state index contributed by atoms with van der Waals surface area (Å²) in [4.78, 5) is 4.22. The van der Waals surface area contributed by atoms with Gasteiger partial charge >= 0.3 is 0 Å². The van der Waals surface area contributed by atoms with E-state index in [-0.39, 0.29) is 0 Å². The lowest BCUT2D eigenvalue weighted by Gasteiger charge is -2.10. The van der Waals surface area contributed by atoms with Crippen molar-refractivity contribution in [3.8, 4) is 5.88 Å². The van der Waals surface area contributed by atoms with Crippen LogP contribution < -0.4 is 15.8 Å². The van der Waals surface area contributed by atoms with E-state index in [1.54, 1.807) is 18.2 Å². The summed E-state index contributed by atoms with van der Waals surface area (Å²) in [6, 6.07) is 9.04. The van der Waals surface area contributed by atoms with Gasteiger partial charge in [-0.1, -0.05) is 27.5 Å². The number of benzene rings is 1. The standard InChI is InChI=1S/C12H11BrClN3O/c1-18-12-9(15)3-5-11(17-12)16-10-4-2-7(13)6-8(10)14/h2-6H,15H2,1H3,(H,16,17). The number of halogens is 2. The van der Waals surface area contributed by atoms with Crippen LogP contribution in [0.2, 0.25) is 5.02 Å². The van der Waals surface area contributed by atoms with Crippen LogP contribution in [0.1, 0.15) is 0 Å². The van der Waals surface area contributed by atoms with Gasteiger partial charge in [0.05, 0.1) is 23.5 Å². The van der Waals surface area contributed by atoms with Crippen molar-refractivity contribution in [2.45, 2.75) is 0 Å². The van der Waals surface area contributed by atoms with Crippen molar-refractivity contribution in [2.24, 2.45) is 0 Å². The lowest BCUT2D eigenvalue weighted by molar-refractivity contribution is 0.401. The number of nitrogens with zero attached hydrogens (tertiary/aromatic N) is 1. The first kappa shape index (κ1) is 13.0. The summed E-state index contributed by atoms with van der Waals surface area (Å²) < 4.78 is 5.97. The lowest BCUT2D eigenvalue weighted by Crippen LogP contribution is -1.99. The minimum atomic E-state index is 0.383. The number of aromatic nitrogens is 1. The van der Waals surface area contributed by atoms with Gasteiger partial charge in [-0.25, -0.2) is 0 Å². The molecule has 2 rings (SSSR count). The fraction of sp³-hybridized carbons (Fsp3) is 0.0833. The summed E-state index contributed by atoms with van der Waals surface area (Å²) in [5, 5.41) is 3.70. The Balaban J connectivity index is 2.28. The molecule has 0 aliphatic rings. The van der Waals surface area contributed by atoms with Gasteiger partial charge < -0.3 is 15.8 Å². The largest absolute Gasteiger partial charge is 0.479 e. The zero-order valence-electron chi connectivity index (χ0n) is 9.58. The van der Waals surface area contributed by atoms with E-state index in [4.69, 9.17) is 22.1 Å². The van der Waals surface area contributed by atoms with E-state index in [0.29, 0.717) is 22.4 Å². The molecule has 0 fully saturated rings. The zero-order valence-corrected chi connectivity index (χ0v) is 11.9. The molecular formula is C12H11BrClN3O. The first-order valence-corrected chi connectivity index (χ1v) is 6.30. The van der Waals surface area contributed by atoms with Crippen molar-refractivity contribution in [3.05, 3.63) is 39.8 Å². The van der Waals surface area contributed by atoms with E-state index in [1.165, 1.54) is 7.11 Å². The summed E-state index contributed by atoms with van der Waals surface area (Å²) in [5.74, 6) is 0.999. The molecule has 0 aliphatic carbocycles. The Morgan fingerprint density at radius 1 is 1.33 bits per heavy atom. The van der Waals surface area contributed by atoms with Crippen molar-refractivity contribution in [1.82, 2.24) is 4.98 Å². The Morgan fingerprint density at radius 3 is 2.78 bits per heavy atom. The van der Waals surface area contributed by atoms with Crippen LogP contribution >= 0.6 is 27.5 Å². The molecule has 0 aliphatic heterocycles. The number of ether oxygens (including phenoxy) is 1. The summed E-state index contributed by atoms with van der Waals surface area (Å²) in [6.07, 6.45) is 0. The second kappa shape index (κ2) is 5.46. The number of nitrogen functional groups attached to an aromatic ring is 1. The van der Waals surface area contributed by atoms with Crippen LogP contribution in [0.25, 0.3) is 0 Å². The van der Waals surface area contributed by atoms with Crippen molar-refractivity contribution in [1.29, 1.82) is 0 Å². The molecule has 3 N–H and O–H groups in total. The molecule has 0 saturated carbocycles. The lowest BCUT2D eigenvalue weighted by atomic mass is 10.3. The molecule has 18 heavy (non-hydrogen) atoms. The van der Waals surface area contributed by atoms with Crippen LogP contribution in [-0.4, -0.2) is 12.1 Å². The minimum Gasteiger partial charge on any atom is -0.479 e. The molecule has 94 valence electrons. The van der Waals surface area contributed by atoms with Gasteiger partial charge in [0.1, 0.15) is 5.82 Å².